The Kier molecular flexibility index (Phi) is 4.32. The normalized spacial score (nSPS) is 9.56. The Morgan fingerprint density at radius 1 is 1.25 bits per heavy atom. The number of carbonyl (C=O) groups excluding carboxylic acids is 2. The standard InChI is InChI=1S/C11H15N3O2/c1-8(15)6-7-13-11(16)14-10-4-2-9(12)3-5-10/h2-5H,6-7,12H2,1H3,(H2,13,14,16). The van der Waals surface area contributed by atoms with Gasteiger partial charge in [0, 0.05) is 24.3 Å². The van der Waals surface area contributed by atoms with Crippen molar-refractivity contribution in [2.45, 2.75) is 13.3 Å². The Labute approximate surface area is 94.0 Å². The second-order valence-corrected chi connectivity index (χ2v) is 3.45. The SMILES string of the molecule is CC(=O)CCNC(=O)Nc1ccc(N)cc1. The van der Waals surface area contributed by atoms with Gasteiger partial charge in [-0.15, -0.1) is 0 Å². The third-order valence-electron chi connectivity index (χ3n) is 1.93. The van der Waals surface area contributed by atoms with Gasteiger partial charge in [0.2, 0.25) is 0 Å². The van der Waals surface area contributed by atoms with Crippen molar-refractivity contribution in [2.75, 3.05) is 17.6 Å². The second-order valence-electron chi connectivity index (χ2n) is 3.45. The molecule has 0 heterocycles. The van der Waals surface area contributed by atoms with E-state index < -0.39 is 0 Å². The predicted octanol–water partition coefficient (Wildman–Crippen LogP) is 1.37. The summed E-state index contributed by atoms with van der Waals surface area (Å²) >= 11 is 0. The lowest BCUT2D eigenvalue weighted by Crippen LogP contribution is -2.30. The summed E-state index contributed by atoms with van der Waals surface area (Å²) in [5.41, 5.74) is 6.81. The zero-order valence-electron chi connectivity index (χ0n) is 9.12. The highest BCUT2D eigenvalue weighted by atomic mass is 16.2. The van der Waals surface area contributed by atoms with Gasteiger partial charge in [-0.1, -0.05) is 0 Å². The Balaban J connectivity index is 2.34. The second kappa shape index (κ2) is 5.75. The molecule has 0 aliphatic rings. The van der Waals surface area contributed by atoms with Gasteiger partial charge in [-0.25, -0.2) is 4.79 Å². The summed E-state index contributed by atoms with van der Waals surface area (Å²) in [6.45, 7) is 1.83. The van der Waals surface area contributed by atoms with Gasteiger partial charge < -0.3 is 16.4 Å². The van der Waals surface area contributed by atoms with E-state index in [9.17, 15) is 9.59 Å². The van der Waals surface area contributed by atoms with Crippen molar-refractivity contribution >= 4 is 23.2 Å². The number of nitrogen functional groups attached to an aromatic ring is 1. The molecule has 0 saturated heterocycles. The number of hydrogen-bond donors (Lipinski definition) is 3. The smallest absolute Gasteiger partial charge is 0.319 e. The summed E-state index contributed by atoms with van der Waals surface area (Å²) in [4.78, 5) is 21.9. The minimum absolute atomic E-state index is 0.0489. The van der Waals surface area contributed by atoms with Crippen molar-refractivity contribution in [3.05, 3.63) is 24.3 Å². The van der Waals surface area contributed by atoms with Crippen LogP contribution in [0.25, 0.3) is 0 Å². The number of nitrogens with one attached hydrogen (secondary N) is 2. The zero-order valence-corrected chi connectivity index (χ0v) is 9.12. The first-order valence-electron chi connectivity index (χ1n) is 4.98. The number of ketones is 1. The lowest BCUT2D eigenvalue weighted by Gasteiger charge is -2.06. The molecule has 0 saturated carbocycles. The molecule has 2 amide bonds. The molecule has 1 aromatic carbocycles. The van der Waals surface area contributed by atoms with Crippen molar-refractivity contribution in [3.8, 4) is 0 Å². The molecule has 0 spiro atoms. The van der Waals surface area contributed by atoms with Gasteiger partial charge in [-0.2, -0.15) is 0 Å². The molecule has 0 fully saturated rings. The number of anilines is 2. The average molecular weight is 221 g/mol. The van der Waals surface area contributed by atoms with Gasteiger partial charge in [0.15, 0.2) is 0 Å². The molecule has 0 radical (unpaired) electrons. The Bertz CT molecular complexity index is 373. The molecule has 1 rings (SSSR count). The number of carbonyl (C=O) groups is 2. The van der Waals surface area contributed by atoms with Crippen LogP contribution in [-0.2, 0) is 4.79 Å². The summed E-state index contributed by atoms with van der Waals surface area (Å²) in [7, 11) is 0. The van der Waals surface area contributed by atoms with E-state index in [2.05, 4.69) is 10.6 Å². The maximum Gasteiger partial charge on any atom is 0.319 e. The molecule has 0 aliphatic carbocycles. The van der Waals surface area contributed by atoms with E-state index in [4.69, 9.17) is 5.73 Å². The Morgan fingerprint density at radius 2 is 1.88 bits per heavy atom. The van der Waals surface area contributed by atoms with Crippen LogP contribution < -0.4 is 16.4 Å². The fourth-order valence-electron chi connectivity index (χ4n) is 1.09. The molecule has 0 aromatic heterocycles. The highest BCUT2D eigenvalue weighted by Gasteiger charge is 2.01. The molecule has 4 N–H and O–H groups in total. The van der Waals surface area contributed by atoms with Gasteiger partial charge in [-0.3, -0.25) is 4.79 Å². The lowest BCUT2D eigenvalue weighted by atomic mass is 10.3. The number of rotatable bonds is 4. The van der Waals surface area contributed by atoms with E-state index in [-0.39, 0.29) is 11.8 Å². The quantitative estimate of drug-likeness (QED) is 0.671. The van der Waals surface area contributed by atoms with E-state index in [0.29, 0.717) is 24.3 Å². The first-order chi connectivity index (χ1) is 7.58. The molecule has 0 unspecified atom stereocenters. The van der Waals surface area contributed by atoms with Crippen LogP contribution in [0.15, 0.2) is 24.3 Å². The molecule has 0 aliphatic heterocycles. The largest absolute Gasteiger partial charge is 0.399 e. The maximum absolute atomic E-state index is 11.3. The highest BCUT2D eigenvalue weighted by molar-refractivity contribution is 5.89. The summed E-state index contributed by atoms with van der Waals surface area (Å²) in [5, 5.41) is 5.20. The van der Waals surface area contributed by atoms with Crippen LogP contribution in [0.1, 0.15) is 13.3 Å². The fraction of sp³-hybridized carbons (Fsp3) is 0.273. The molecular weight excluding hydrogens is 206 g/mol. The fourth-order valence-corrected chi connectivity index (χ4v) is 1.09. The number of hydrogen-bond acceptors (Lipinski definition) is 3. The first-order valence-corrected chi connectivity index (χ1v) is 4.98. The van der Waals surface area contributed by atoms with Crippen LogP contribution in [0.5, 0.6) is 0 Å². The monoisotopic (exact) mass is 221 g/mol. The summed E-state index contributed by atoms with van der Waals surface area (Å²) in [5.74, 6) is 0.0489. The van der Waals surface area contributed by atoms with E-state index in [1.54, 1.807) is 24.3 Å². The van der Waals surface area contributed by atoms with Gasteiger partial charge >= 0.3 is 6.03 Å². The van der Waals surface area contributed by atoms with Crippen LogP contribution in [0.4, 0.5) is 16.2 Å². The topological polar surface area (TPSA) is 84.2 Å². The Hall–Kier alpha value is -2.04. The maximum atomic E-state index is 11.3. The lowest BCUT2D eigenvalue weighted by molar-refractivity contribution is -0.116. The molecule has 86 valence electrons. The van der Waals surface area contributed by atoms with E-state index >= 15 is 0 Å². The third-order valence-corrected chi connectivity index (χ3v) is 1.93. The molecule has 1 aromatic rings. The zero-order chi connectivity index (χ0) is 12.0. The molecule has 16 heavy (non-hydrogen) atoms. The highest BCUT2D eigenvalue weighted by Crippen LogP contribution is 2.09. The van der Waals surface area contributed by atoms with Crippen LogP contribution in [0.3, 0.4) is 0 Å². The molecule has 0 atom stereocenters. The van der Waals surface area contributed by atoms with Gasteiger partial charge in [0.1, 0.15) is 5.78 Å². The minimum atomic E-state index is -0.328. The Morgan fingerprint density at radius 3 is 2.44 bits per heavy atom. The summed E-state index contributed by atoms with van der Waals surface area (Å²) in [6, 6.07) is 6.49. The summed E-state index contributed by atoms with van der Waals surface area (Å²) in [6.07, 6.45) is 0.342. The van der Waals surface area contributed by atoms with Crippen LogP contribution >= 0.6 is 0 Å². The van der Waals surface area contributed by atoms with Crippen molar-refractivity contribution in [3.63, 3.8) is 0 Å². The number of nitrogens with two attached hydrogens (primary N) is 1. The van der Waals surface area contributed by atoms with Crippen molar-refractivity contribution in [1.82, 2.24) is 5.32 Å². The molecule has 0 bridgehead atoms. The van der Waals surface area contributed by atoms with Crippen LogP contribution in [-0.4, -0.2) is 18.4 Å². The van der Waals surface area contributed by atoms with Crippen LogP contribution in [0, 0.1) is 0 Å². The average Bonchev–Trinajstić information content (AvgIpc) is 2.21. The van der Waals surface area contributed by atoms with Crippen molar-refractivity contribution in [2.24, 2.45) is 0 Å². The number of Topliss-reactive ketones (excluding diaryl/α,β-unsaturated/α-hetero) is 1. The van der Waals surface area contributed by atoms with E-state index in [1.165, 1.54) is 6.92 Å². The van der Waals surface area contributed by atoms with E-state index in [1.807, 2.05) is 0 Å². The number of urea groups is 1. The molecular formula is C11H15N3O2. The van der Waals surface area contributed by atoms with E-state index in [0.717, 1.165) is 0 Å². The van der Waals surface area contributed by atoms with Gasteiger partial charge in [-0.05, 0) is 31.2 Å². The third kappa shape index (κ3) is 4.45. The van der Waals surface area contributed by atoms with Gasteiger partial charge in [0.25, 0.3) is 0 Å². The van der Waals surface area contributed by atoms with Crippen LogP contribution in [0.2, 0.25) is 0 Å². The number of benzene rings is 1. The van der Waals surface area contributed by atoms with Crippen molar-refractivity contribution in [1.29, 1.82) is 0 Å². The molecule has 5 heteroatoms. The first kappa shape index (κ1) is 12.0. The van der Waals surface area contributed by atoms with Crippen molar-refractivity contribution < 1.29 is 9.59 Å². The molecule has 5 nitrogen and oxygen atoms in total. The predicted molar refractivity (Wildman–Crippen MR) is 63.2 cm³/mol. The number of amides is 2. The summed E-state index contributed by atoms with van der Waals surface area (Å²) < 4.78 is 0. The van der Waals surface area contributed by atoms with Gasteiger partial charge in [0.05, 0.1) is 0 Å². The minimum Gasteiger partial charge on any atom is -0.399 e.